The number of benzene rings is 1. The summed E-state index contributed by atoms with van der Waals surface area (Å²) in [5.41, 5.74) is 0.283. The molecule has 2 heterocycles. The minimum absolute atomic E-state index is 0.512. The van der Waals surface area contributed by atoms with E-state index < -0.39 is 5.60 Å². The second kappa shape index (κ2) is 5.27. The van der Waals surface area contributed by atoms with Crippen LogP contribution in [0.4, 0.5) is 0 Å². The van der Waals surface area contributed by atoms with E-state index >= 15 is 0 Å². The quantitative estimate of drug-likeness (QED) is 0.932. The topological polar surface area (TPSA) is 62.4 Å². The molecule has 0 saturated carbocycles. The summed E-state index contributed by atoms with van der Waals surface area (Å²) in [5, 5.41) is 18.1. The molecule has 106 valence electrons. The Morgan fingerprint density at radius 2 is 2.20 bits per heavy atom. The summed E-state index contributed by atoms with van der Waals surface area (Å²) in [5.74, 6) is 1.09. The molecule has 20 heavy (non-hydrogen) atoms. The summed E-state index contributed by atoms with van der Waals surface area (Å²) < 4.78 is 6.64. The van der Waals surface area contributed by atoms with E-state index in [0.29, 0.717) is 24.9 Å². The van der Waals surface area contributed by atoms with Gasteiger partial charge in [0.1, 0.15) is 0 Å². The van der Waals surface area contributed by atoms with Gasteiger partial charge in [-0.15, -0.1) is 10.2 Å². The maximum Gasteiger partial charge on any atom is 0.248 e. The van der Waals surface area contributed by atoms with Gasteiger partial charge in [0, 0.05) is 17.6 Å². The molecule has 6 heteroatoms. The summed E-state index contributed by atoms with van der Waals surface area (Å²) in [6.07, 6.45) is 0.776. The minimum Gasteiger partial charge on any atom is -0.419 e. The fraction of sp³-hybridized carbons (Fsp3) is 0.429. The van der Waals surface area contributed by atoms with E-state index in [-0.39, 0.29) is 0 Å². The molecule has 1 atom stereocenters. The third-order valence-corrected chi connectivity index (χ3v) is 4.15. The summed E-state index contributed by atoms with van der Waals surface area (Å²) in [4.78, 5) is 2.12. The number of β-amino-alcohol motifs (C(OH)–C–C–N with tert-alkyl or cyclic N) is 1. The van der Waals surface area contributed by atoms with Gasteiger partial charge in [0.05, 0.1) is 17.7 Å². The third-order valence-electron chi connectivity index (χ3n) is 3.46. The molecule has 1 aliphatic heterocycles. The van der Waals surface area contributed by atoms with Gasteiger partial charge in [0.25, 0.3) is 0 Å². The van der Waals surface area contributed by atoms with Crippen LogP contribution in [0.3, 0.4) is 0 Å². The summed E-state index contributed by atoms with van der Waals surface area (Å²) in [6, 6.07) is 7.75. The summed E-state index contributed by atoms with van der Waals surface area (Å²) in [7, 11) is 0. The van der Waals surface area contributed by atoms with Crippen LogP contribution >= 0.6 is 15.9 Å². The van der Waals surface area contributed by atoms with E-state index in [1.165, 1.54) is 0 Å². The Labute approximate surface area is 125 Å². The van der Waals surface area contributed by atoms with Gasteiger partial charge in [-0.1, -0.05) is 12.1 Å². The van der Waals surface area contributed by atoms with Crippen molar-refractivity contribution >= 4 is 15.9 Å². The Bertz CT molecular complexity index is 612. The van der Waals surface area contributed by atoms with Crippen LogP contribution in [-0.2, 0) is 6.54 Å². The molecule has 1 unspecified atom stereocenters. The smallest absolute Gasteiger partial charge is 0.248 e. The number of likely N-dealkylation sites (tertiary alicyclic amines) is 1. The monoisotopic (exact) mass is 337 g/mol. The van der Waals surface area contributed by atoms with Crippen LogP contribution in [0.2, 0.25) is 0 Å². The first kappa shape index (κ1) is 13.7. The lowest BCUT2D eigenvalue weighted by Gasteiger charge is -2.16. The highest BCUT2D eigenvalue weighted by molar-refractivity contribution is 9.10. The maximum absolute atomic E-state index is 9.95. The SMILES string of the molecule is CC1(O)CCN(Cc2nnc(-c3ccccc3Br)o2)C1. The van der Waals surface area contributed by atoms with Crippen molar-refractivity contribution in [1.82, 2.24) is 15.1 Å². The van der Waals surface area contributed by atoms with Crippen molar-refractivity contribution in [3.05, 3.63) is 34.6 Å². The molecule has 5 nitrogen and oxygen atoms in total. The predicted molar refractivity (Wildman–Crippen MR) is 78.0 cm³/mol. The van der Waals surface area contributed by atoms with Crippen molar-refractivity contribution in [2.24, 2.45) is 0 Å². The first-order chi connectivity index (χ1) is 9.53. The minimum atomic E-state index is -0.606. The maximum atomic E-state index is 9.95. The fourth-order valence-corrected chi connectivity index (χ4v) is 2.88. The summed E-state index contributed by atoms with van der Waals surface area (Å²) in [6.45, 7) is 3.92. The molecule has 0 bridgehead atoms. The Morgan fingerprint density at radius 1 is 1.40 bits per heavy atom. The summed E-state index contributed by atoms with van der Waals surface area (Å²) >= 11 is 3.47. The van der Waals surface area contributed by atoms with Crippen molar-refractivity contribution in [2.75, 3.05) is 13.1 Å². The lowest BCUT2D eigenvalue weighted by Crippen LogP contribution is -2.29. The van der Waals surface area contributed by atoms with E-state index in [0.717, 1.165) is 23.0 Å². The number of rotatable bonds is 3. The van der Waals surface area contributed by atoms with Crippen LogP contribution in [0, 0.1) is 0 Å². The number of halogens is 1. The van der Waals surface area contributed by atoms with Crippen molar-refractivity contribution in [3.63, 3.8) is 0 Å². The largest absolute Gasteiger partial charge is 0.419 e. The van der Waals surface area contributed by atoms with Gasteiger partial charge < -0.3 is 9.52 Å². The average molecular weight is 338 g/mol. The molecule has 0 amide bonds. The standard InChI is InChI=1S/C14H16BrN3O2/c1-14(19)6-7-18(9-14)8-12-16-17-13(20-12)10-4-2-3-5-11(10)15/h2-5,19H,6-9H2,1H3. The van der Waals surface area contributed by atoms with Crippen molar-refractivity contribution in [2.45, 2.75) is 25.5 Å². The fourth-order valence-electron chi connectivity index (χ4n) is 2.43. The average Bonchev–Trinajstić information content (AvgIpc) is 2.97. The van der Waals surface area contributed by atoms with Gasteiger partial charge in [0.2, 0.25) is 11.8 Å². The number of nitrogens with zero attached hydrogens (tertiary/aromatic N) is 3. The van der Waals surface area contributed by atoms with Gasteiger partial charge in [-0.05, 0) is 41.4 Å². The zero-order chi connectivity index (χ0) is 14.2. The highest BCUT2D eigenvalue weighted by atomic mass is 79.9. The Hall–Kier alpha value is -1.24. The lowest BCUT2D eigenvalue weighted by atomic mass is 10.1. The van der Waals surface area contributed by atoms with Crippen LogP contribution in [-0.4, -0.2) is 38.9 Å². The van der Waals surface area contributed by atoms with Gasteiger partial charge >= 0.3 is 0 Å². The molecule has 1 saturated heterocycles. The van der Waals surface area contributed by atoms with Crippen molar-refractivity contribution in [1.29, 1.82) is 0 Å². The Morgan fingerprint density at radius 3 is 2.90 bits per heavy atom. The highest BCUT2D eigenvalue weighted by Crippen LogP contribution is 2.27. The van der Waals surface area contributed by atoms with Crippen molar-refractivity contribution in [3.8, 4) is 11.5 Å². The van der Waals surface area contributed by atoms with E-state index in [4.69, 9.17) is 4.42 Å². The van der Waals surface area contributed by atoms with Gasteiger partial charge in [-0.3, -0.25) is 4.90 Å². The first-order valence-electron chi connectivity index (χ1n) is 6.55. The highest BCUT2D eigenvalue weighted by Gasteiger charge is 2.32. The van der Waals surface area contributed by atoms with Crippen LogP contribution in [0.5, 0.6) is 0 Å². The molecule has 0 spiro atoms. The number of hydrogen-bond acceptors (Lipinski definition) is 5. The molecule has 1 fully saturated rings. The molecule has 2 aromatic rings. The predicted octanol–water partition coefficient (Wildman–Crippen LogP) is 2.46. The molecule has 1 aromatic carbocycles. The molecule has 1 aliphatic rings. The van der Waals surface area contributed by atoms with Crippen LogP contribution in [0.15, 0.2) is 33.2 Å². The second-order valence-corrected chi connectivity index (χ2v) is 6.29. The van der Waals surface area contributed by atoms with Gasteiger partial charge in [-0.2, -0.15) is 0 Å². The third kappa shape index (κ3) is 2.92. The van der Waals surface area contributed by atoms with E-state index in [1.54, 1.807) is 0 Å². The van der Waals surface area contributed by atoms with Gasteiger partial charge in [0.15, 0.2) is 0 Å². The van der Waals surface area contributed by atoms with E-state index in [2.05, 4.69) is 31.0 Å². The molecule has 0 radical (unpaired) electrons. The molecule has 1 N–H and O–H groups in total. The van der Waals surface area contributed by atoms with E-state index in [9.17, 15) is 5.11 Å². The van der Waals surface area contributed by atoms with Crippen LogP contribution < -0.4 is 0 Å². The molecule has 1 aromatic heterocycles. The second-order valence-electron chi connectivity index (χ2n) is 5.44. The first-order valence-corrected chi connectivity index (χ1v) is 7.35. The van der Waals surface area contributed by atoms with Gasteiger partial charge in [-0.25, -0.2) is 0 Å². The van der Waals surface area contributed by atoms with E-state index in [1.807, 2.05) is 31.2 Å². The zero-order valence-corrected chi connectivity index (χ0v) is 12.8. The van der Waals surface area contributed by atoms with Crippen LogP contribution in [0.25, 0.3) is 11.5 Å². The van der Waals surface area contributed by atoms with Crippen LogP contribution in [0.1, 0.15) is 19.2 Å². The zero-order valence-electron chi connectivity index (χ0n) is 11.2. The molecular formula is C14H16BrN3O2. The normalized spacial score (nSPS) is 23.4. The van der Waals surface area contributed by atoms with Crippen molar-refractivity contribution < 1.29 is 9.52 Å². The Kier molecular flexibility index (Phi) is 3.62. The molecule has 0 aliphatic carbocycles. The molecular weight excluding hydrogens is 322 g/mol. The molecule has 3 rings (SSSR count). The number of hydrogen-bond donors (Lipinski definition) is 1. The number of aliphatic hydroxyl groups is 1. The lowest BCUT2D eigenvalue weighted by molar-refractivity contribution is 0.0668. The number of aromatic nitrogens is 2. The Balaban J connectivity index is 1.73.